The van der Waals surface area contributed by atoms with Crippen LogP contribution in [0.2, 0.25) is 0 Å². The van der Waals surface area contributed by atoms with Crippen LogP contribution in [-0.4, -0.2) is 55.4 Å². The Balaban J connectivity index is 1.23. The monoisotopic (exact) mass is 592 g/mol. The number of nitrogens with one attached hydrogen (secondary N) is 3. The number of carboxylic acids is 1. The van der Waals surface area contributed by atoms with Gasteiger partial charge in [-0.1, -0.05) is 50.2 Å². The van der Waals surface area contributed by atoms with E-state index in [2.05, 4.69) is 20.3 Å². The second-order valence-electron chi connectivity index (χ2n) is 12.0. The van der Waals surface area contributed by atoms with Crippen molar-refractivity contribution in [3.8, 4) is 11.1 Å². The number of aliphatic carboxylic acids is 1. The van der Waals surface area contributed by atoms with Crippen LogP contribution in [0.3, 0.4) is 0 Å². The van der Waals surface area contributed by atoms with E-state index >= 15 is 0 Å². The summed E-state index contributed by atoms with van der Waals surface area (Å²) in [6.07, 6.45) is 7.49. The highest BCUT2D eigenvalue weighted by Gasteiger charge is 2.65. The lowest BCUT2D eigenvalue weighted by Gasteiger charge is -2.36. The van der Waals surface area contributed by atoms with Crippen LogP contribution in [0.5, 0.6) is 0 Å². The average molecular weight is 593 g/mol. The molecule has 0 aromatic heterocycles. The second kappa shape index (κ2) is 11.4. The number of nitrogens with zero attached hydrogens (tertiary/aromatic N) is 1. The number of hydrogen-bond donors (Lipinski definition) is 4. The van der Waals surface area contributed by atoms with Crippen molar-refractivity contribution in [3.63, 3.8) is 0 Å². The van der Waals surface area contributed by atoms with Gasteiger partial charge in [-0.2, -0.15) is 0 Å². The zero-order valence-electron chi connectivity index (χ0n) is 23.7. The van der Waals surface area contributed by atoms with Gasteiger partial charge in [0.25, 0.3) is 0 Å². The Bertz CT molecular complexity index is 1550. The molecule has 4 N–H and O–H groups in total. The molecule has 42 heavy (non-hydrogen) atoms. The molecule has 2 bridgehead atoms. The summed E-state index contributed by atoms with van der Waals surface area (Å²) < 4.78 is 28.8. The van der Waals surface area contributed by atoms with E-state index in [1.165, 1.54) is 0 Å². The first-order chi connectivity index (χ1) is 19.9. The first-order valence-electron chi connectivity index (χ1n) is 14.1. The lowest BCUT2D eigenvalue weighted by atomic mass is 9.70. The smallest absolute Gasteiger partial charge is 0.322 e. The Kier molecular flexibility index (Phi) is 8.08. The molecule has 11 heteroatoms. The molecule has 2 saturated carbocycles. The lowest BCUT2D eigenvalue weighted by Crippen LogP contribution is -2.49. The van der Waals surface area contributed by atoms with E-state index in [-0.39, 0.29) is 35.9 Å². The van der Waals surface area contributed by atoms with Crippen LogP contribution in [0.1, 0.15) is 45.1 Å². The first kappa shape index (κ1) is 29.7. The molecule has 2 fully saturated rings. The van der Waals surface area contributed by atoms with Crippen molar-refractivity contribution < 1.29 is 27.9 Å². The Labute approximate surface area is 245 Å². The molecule has 3 unspecified atom stereocenters. The van der Waals surface area contributed by atoms with Gasteiger partial charge < -0.3 is 15.7 Å². The number of hydrogen-bond acceptors (Lipinski definition) is 6. The van der Waals surface area contributed by atoms with Gasteiger partial charge in [0.1, 0.15) is 11.8 Å². The molecule has 1 heterocycles. The number of sulfonamides is 1. The van der Waals surface area contributed by atoms with Crippen LogP contribution in [0, 0.1) is 16.7 Å². The van der Waals surface area contributed by atoms with Crippen LogP contribution < -0.4 is 15.4 Å². The SMILES string of the molecule is CC1(C)C2CCC1(CS(=O)(=O)N[C@@H](Cc1ccc(-c3cccc(NC(=O)NC4C=CN=CC4)c3)cc1)C(=O)O)C(=O)C2. The van der Waals surface area contributed by atoms with Gasteiger partial charge in [-0.25, -0.2) is 17.9 Å². The predicted octanol–water partition coefficient (Wildman–Crippen LogP) is 4.14. The van der Waals surface area contributed by atoms with Gasteiger partial charge in [-0.15, -0.1) is 0 Å². The maximum absolute atomic E-state index is 13.2. The topological polar surface area (TPSA) is 154 Å². The number of carbonyl (C=O) groups excluding carboxylic acids is 2. The quantitative estimate of drug-likeness (QED) is 0.325. The van der Waals surface area contributed by atoms with Crippen molar-refractivity contribution in [1.29, 1.82) is 0 Å². The Morgan fingerprint density at radius 2 is 1.88 bits per heavy atom. The van der Waals surface area contributed by atoms with Gasteiger partial charge >= 0.3 is 12.0 Å². The van der Waals surface area contributed by atoms with Gasteiger partial charge in [-0.05, 0) is 65.5 Å². The summed E-state index contributed by atoms with van der Waals surface area (Å²) in [5.74, 6) is -1.54. The third-order valence-corrected chi connectivity index (χ3v) is 10.7. The van der Waals surface area contributed by atoms with Gasteiger partial charge in [0, 0.05) is 36.4 Å². The molecule has 0 saturated heterocycles. The molecule has 3 aliphatic rings. The predicted molar refractivity (Wildman–Crippen MR) is 161 cm³/mol. The normalized spacial score (nSPS) is 24.9. The second-order valence-corrected chi connectivity index (χ2v) is 13.8. The van der Waals surface area contributed by atoms with Crippen molar-refractivity contribution in [2.45, 2.75) is 58.0 Å². The number of urea groups is 1. The number of rotatable bonds is 10. The average Bonchev–Trinajstić information content (AvgIpc) is 3.28. The van der Waals surface area contributed by atoms with E-state index < -0.39 is 32.9 Å². The molecule has 222 valence electrons. The standard InChI is InChI=1S/C31H36N4O6S/c1-30(2)23-10-13-31(30,27(36)18-23)19-42(40,41)35-26(28(37)38)16-20-6-8-21(9-7-20)22-4-3-5-25(17-22)34-29(39)33-24-11-14-32-15-12-24/h3-9,11,14-15,17,23-24,26,35H,10,12-13,16,18-19H2,1-2H3,(H,37,38)(H2,33,34,39)/t23?,24?,26-,31?/m0/s1. The molecular formula is C31H36N4O6S. The minimum atomic E-state index is -4.05. The Morgan fingerprint density at radius 3 is 2.50 bits per heavy atom. The Hall–Kier alpha value is -3.83. The molecule has 0 radical (unpaired) electrons. The highest BCUT2D eigenvalue weighted by Crippen LogP contribution is 2.64. The molecule has 2 amide bonds. The van der Waals surface area contributed by atoms with Crippen LogP contribution in [0.25, 0.3) is 11.1 Å². The number of carboxylic acid groups (broad SMARTS) is 1. The molecule has 4 atom stereocenters. The van der Waals surface area contributed by atoms with E-state index in [0.29, 0.717) is 30.5 Å². The number of amides is 2. The largest absolute Gasteiger partial charge is 0.480 e. The van der Waals surface area contributed by atoms with Crippen LogP contribution in [0.15, 0.2) is 65.8 Å². The highest BCUT2D eigenvalue weighted by molar-refractivity contribution is 7.89. The maximum Gasteiger partial charge on any atom is 0.322 e. The van der Waals surface area contributed by atoms with Gasteiger partial charge in [-0.3, -0.25) is 14.6 Å². The molecule has 0 spiro atoms. The number of anilines is 1. The van der Waals surface area contributed by atoms with Crippen molar-refractivity contribution in [2.75, 3.05) is 11.1 Å². The summed E-state index contributed by atoms with van der Waals surface area (Å²) in [5.41, 5.74) is 1.53. The van der Waals surface area contributed by atoms with E-state index in [0.717, 1.165) is 17.5 Å². The number of carbonyl (C=O) groups is 3. The van der Waals surface area contributed by atoms with Crippen LogP contribution in [0.4, 0.5) is 10.5 Å². The van der Waals surface area contributed by atoms with Crippen molar-refractivity contribution in [3.05, 3.63) is 66.4 Å². The van der Waals surface area contributed by atoms with Crippen molar-refractivity contribution in [2.24, 2.45) is 21.7 Å². The third kappa shape index (κ3) is 6.03. The van der Waals surface area contributed by atoms with E-state index in [9.17, 15) is 27.9 Å². The summed E-state index contributed by atoms with van der Waals surface area (Å²) >= 11 is 0. The number of fused-ring (bicyclic) bond motifs is 2. The van der Waals surface area contributed by atoms with Crippen molar-refractivity contribution >= 4 is 39.7 Å². The molecule has 2 aromatic rings. The number of aliphatic imine (C=N–C) groups is 1. The van der Waals surface area contributed by atoms with E-state index in [4.69, 9.17) is 0 Å². The minimum Gasteiger partial charge on any atom is -0.480 e. The van der Waals surface area contributed by atoms with Crippen molar-refractivity contribution in [1.82, 2.24) is 10.0 Å². The summed E-state index contributed by atoms with van der Waals surface area (Å²) in [7, 11) is -4.05. The van der Waals surface area contributed by atoms with Crippen LogP contribution in [-0.2, 0) is 26.0 Å². The fourth-order valence-electron chi connectivity index (χ4n) is 6.63. The van der Waals surface area contributed by atoms with Gasteiger partial charge in [0.05, 0.1) is 11.8 Å². The fourth-order valence-corrected chi connectivity index (χ4v) is 8.65. The van der Waals surface area contributed by atoms with Gasteiger partial charge in [0.2, 0.25) is 10.0 Å². The molecular weight excluding hydrogens is 556 g/mol. The summed E-state index contributed by atoms with van der Waals surface area (Å²) in [5, 5.41) is 15.5. The summed E-state index contributed by atoms with van der Waals surface area (Å²) in [4.78, 5) is 41.3. The number of ketones is 1. The lowest BCUT2D eigenvalue weighted by molar-refractivity contribution is -0.138. The Morgan fingerprint density at radius 1 is 1.12 bits per heavy atom. The highest BCUT2D eigenvalue weighted by atomic mass is 32.2. The maximum atomic E-state index is 13.2. The zero-order chi connectivity index (χ0) is 30.1. The molecule has 5 rings (SSSR count). The fraction of sp³-hybridized carbons (Fsp3) is 0.419. The number of benzene rings is 2. The molecule has 1 aliphatic heterocycles. The first-order valence-corrected chi connectivity index (χ1v) is 15.8. The van der Waals surface area contributed by atoms with Crippen LogP contribution >= 0.6 is 0 Å². The molecule has 2 aromatic carbocycles. The van der Waals surface area contributed by atoms with Gasteiger partial charge in [0.15, 0.2) is 0 Å². The third-order valence-electron chi connectivity index (χ3n) is 9.23. The molecule has 10 nitrogen and oxygen atoms in total. The summed E-state index contributed by atoms with van der Waals surface area (Å²) in [6.45, 7) is 3.90. The number of Topliss-reactive ketones (excluding diaryl/α,β-unsaturated/α-hetero) is 1. The zero-order valence-corrected chi connectivity index (χ0v) is 24.5. The summed E-state index contributed by atoms with van der Waals surface area (Å²) in [6, 6.07) is 12.7. The molecule has 2 aliphatic carbocycles. The van der Waals surface area contributed by atoms with E-state index in [1.807, 2.05) is 50.3 Å². The van der Waals surface area contributed by atoms with E-state index in [1.54, 1.807) is 30.6 Å². The minimum absolute atomic E-state index is 0.0344.